The fraction of sp³-hybridized carbons (Fsp3) is 0.529. The van der Waals surface area contributed by atoms with Crippen LogP contribution in [-0.2, 0) is 9.59 Å². The van der Waals surface area contributed by atoms with E-state index in [9.17, 15) is 9.59 Å². The van der Waals surface area contributed by atoms with Gasteiger partial charge in [0.25, 0.3) is 0 Å². The number of nitrogens with zero attached hydrogens (tertiary/aromatic N) is 1. The van der Waals surface area contributed by atoms with Crippen molar-refractivity contribution in [3.63, 3.8) is 0 Å². The van der Waals surface area contributed by atoms with Gasteiger partial charge in [0, 0.05) is 24.8 Å². The highest BCUT2D eigenvalue weighted by atomic mass is 16.6. The first-order valence-electron chi connectivity index (χ1n) is 8.39. The standard InChI is InChI=1S/C17H23N3O4/c18-6-1-2-7-19-16(21)13-5-8-20(17(13)22)12-3-4-14-15(11-12)24-10-9-23-14/h3-4,11,13H,1-2,5-10,18H2,(H,19,21). The van der Waals surface area contributed by atoms with Crippen LogP contribution in [0.5, 0.6) is 11.5 Å². The maximum atomic E-state index is 12.6. The van der Waals surface area contributed by atoms with E-state index in [2.05, 4.69) is 5.32 Å². The summed E-state index contributed by atoms with van der Waals surface area (Å²) in [6.45, 7) is 2.72. The second-order valence-electron chi connectivity index (χ2n) is 5.95. The number of carbonyl (C=O) groups is 2. The summed E-state index contributed by atoms with van der Waals surface area (Å²) in [6.07, 6.45) is 2.22. The number of carbonyl (C=O) groups excluding carboxylic acids is 2. The predicted molar refractivity (Wildman–Crippen MR) is 89.2 cm³/mol. The van der Waals surface area contributed by atoms with E-state index in [0.29, 0.717) is 50.8 Å². The number of anilines is 1. The third-order valence-corrected chi connectivity index (χ3v) is 4.29. The highest BCUT2D eigenvalue weighted by Gasteiger charge is 2.37. The Morgan fingerprint density at radius 2 is 2.04 bits per heavy atom. The fourth-order valence-corrected chi connectivity index (χ4v) is 2.98. The van der Waals surface area contributed by atoms with E-state index in [4.69, 9.17) is 15.2 Å². The monoisotopic (exact) mass is 333 g/mol. The van der Waals surface area contributed by atoms with Crippen molar-refractivity contribution < 1.29 is 19.1 Å². The molecular weight excluding hydrogens is 310 g/mol. The van der Waals surface area contributed by atoms with Crippen LogP contribution in [0.4, 0.5) is 5.69 Å². The summed E-state index contributed by atoms with van der Waals surface area (Å²) in [5, 5.41) is 2.83. The van der Waals surface area contributed by atoms with Gasteiger partial charge in [-0.05, 0) is 37.9 Å². The van der Waals surface area contributed by atoms with Crippen LogP contribution in [0.3, 0.4) is 0 Å². The highest BCUT2D eigenvalue weighted by molar-refractivity contribution is 6.09. The number of hydrogen-bond acceptors (Lipinski definition) is 5. The molecule has 130 valence electrons. The number of nitrogens with one attached hydrogen (secondary N) is 1. The van der Waals surface area contributed by atoms with Gasteiger partial charge >= 0.3 is 0 Å². The van der Waals surface area contributed by atoms with Gasteiger partial charge in [0.15, 0.2) is 11.5 Å². The third-order valence-electron chi connectivity index (χ3n) is 4.29. The Morgan fingerprint density at radius 3 is 2.83 bits per heavy atom. The first-order valence-corrected chi connectivity index (χ1v) is 8.39. The molecule has 0 saturated carbocycles. The quantitative estimate of drug-likeness (QED) is 0.589. The lowest BCUT2D eigenvalue weighted by Gasteiger charge is -2.22. The van der Waals surface area contributed by atoms with E-state index in [1.165, 1.54) is 0 Å². The lowest BCUT2D eigenvalue weighted by molar-refractivity contribution is -0.132. The van der Waals surface area contributed by atoms with Crippen LogP contribution in [-0.4, -0.2) is 44.7 Å². The molecule has 2 aliphatic rings. The molecule has 1 aromatic carbocycles. The van der Waals surface area contributed by atoms with Gasteiger partial charge < -0.3 is 25.4 Å². The molecule has 0 spiro atoms. The van der Waals surface area contributed by atoms with Crippen LogP contribution in [0.2, 0.25) is 0 Å². The third kappa shape index (κ3) is 3.46. The summed E-state index contributed by atoms with van der Waals surface area (Å²) in [7, 11) is 0. The molecule has 0 radical (unpaired) electrons. The molecule has 1 aromatic rings. The summed E-state index contributed by atoms with van der Waals surface area (Å²) < 4.78 is 11.0. The number of nitrogens with two attached hydrogens (primary N) is 1. The second-order valence-corrected chi connectivity index (χ2v) is 5.95. The Kier molecular flexibility index (Phi) is 5.20. The van der Waals surface area contributed by atoms with Crippen molar-refractivity contribution in [3.8, 4) is 11.5 Å². The average Bonchev–Trinajstić information content (AvgIpc) is 2.99. The average molecular weight is 333 g/mol. The van der Waals surface area contributed by atoms with Crippen molar-refractivity contribution in [1.82, 2.24) is 5.32 Å². The first kappa shape index (κ1) is 16.6. The number of amides is 2. The summed E-state index contributed by atoms with van der Waals surface area (Å²) in [6, 6.07) is 5.43. The van der Waals surface area contributed by atoms with E-state index in [0.717, 1.165) is 18.5 Å². The van der Waals surface area contributed by atoms with E-state index in [-0.39, 0.29) is 11.8 Å². The molecule has 24 heavy (non-hydrogen) atoms. The molecule has 2 amide bonds. The number of rotatable bonds is 6. The zero-order chi connectivity index (χ0) is 16.9. The molecule has 1 unspecified atom stereocenters. The van der Waals surface area contributed by atoms with E-state index < -0.39 is 5.92 Å². The largest absolute Gasteiger partial charge is 0.486 e. The second kappa shape index (κ2) is 7.53. The van der Waals surface area contributed by atoms with Crippen molar-refractivity contribution in [1.29, 1.82) is 0 Å². The Bertz CT molecular complexity index is 620. The maximum Gasteiger partial charge on any atom is 0.239 e. The number of hydrogen-bond donors (Lipinski definition) is 2. The molecule has 3 N–H and O–H groups in total. The van der Waals surface area contributed by atoms with Gasteiger partial charge in [0.2, 0.25) is 11.8 Å². The summed E-state index contributed by atoms with van der Waals surface area (Å²) in [5.41, 5.74) is 6.17. The van der Waals surface area contributed by atoms with Gasteiger partial charge in [-0.2, -0.15) is 0 Å². The Hall–Kier alpha value is -2.28. The van der Waals surface area contributed by atoms with Gasteiger partial charge in [-0.1, -0.05) is 0 Å². The SMILES string of the molecule is NCCCCNC(=O)C1CCN(c2ccc3c(c2)OCCO3)C1=O. The minimum atomic E-state index is -0.615. The van der Waals surface area contributed by atoms with Crippen LogP contribution >= 0.6 is 0 Å². The minimum absolute atomic E-state index is 0.164. The number of benzene rings is 1. The van der Waals surface area contributed by atoms with Crippen LogP contribution in [0.15, 0.2) is 18.2 Å². The van der Waals surface area contributed by atoms with Gasteiger partial charge in [0.1, 0.15) is 19.1 Å². The predicted octanol–water partition coefficient (Wildman–Crippen LogP) is 0.666. The Labute approximate surface area is 141 Å². The van der Waals surface area contributed by atoms with Crippen molar-refractivity contribution in [2.45, 2.75) is 19.3 Å². The molecule has 1 atom stereocenters. The summed E-state index contributed by atoms with van der Waals surface area (Å²) in [5.74, 6) is 0.350. The molecule has 1 saturated heterocycles. The molecule has 1 fully saturated rings. The molecule has 7 nitrogen and oxygen atoms in total. The van der Waals surface area contributed by atoms with Gasteiger partial charge in [-0.15, -0.1) is 0 Å². The molecule has 0 aliphatic carbocycles. The summed E-state index contributed by atoms with van der Waals surface area (Å²) in [4.78, 5) is 26.4. The topological polar surface area (TPSA) is 93.9 Å². The van der Waals surface area contributed by atoms with Gasteiger partial charge in [-0.25, -0.2) is 0 Å². The van der Waals surface area contributed by atoms with Crippen molar-refractivity contribution in [2.75, 3.05) is 37.7 Å². The molecular formula is C17H23N3O4. The zero-order valence-corrected chi connectivity index (χ0v) is 13.6. The van der Waals surface area contributed by atoms with E-state index in [1.807, 2.05) is 6.07 Å². The number of unbranched alkanes of at least 4 members (excludes halogenated alkanes) is 1. The zero-order valence-electron chi connectivity index (χ0n) is 13.6. The van der Waals surface area contributed by atoms with E-state index >= 15 is 0 Å². The van der Waals surface area contributed by atoms with Crippen LogP contribution in [0, 0.1) is 5.92 Å². The molecule has 0 aromatic heterocycles. The van der Waals surface area contributed by atoms with Gasteiger partial charge in [0.05, 0.1) is 0 Å². The normalized spacial score (nSPS) is 19.5. The first-order chi connectivity index (χ1) is 11.7. The van der Waals surface area contributed by atoms with Crippen molar-refractivity contribution in [3.05, 3.63) is 18.2 Å². The highest BCUT2D eigenvalue weighted by Crippen LogP contribution is 2.35. The molecule has 3 rings (SSSR count). The molecule has 2 aliphatic heterocycles. The van der Waals surface area contributed by atoms with Crippen LogP contribution in [0.1, 0.15) is 19.3 Å². The lowest BCUT2D eigenvalue weighted by Crippen LogP contribution is -2.37. The van der Waals surface area contributed by atoms with Crippen molar-refractivity contribution >= 4 is 17.5 Å². The molecule has 2 heterocycles. The fourth-order valence-electron chi connectivity index (χ4n) is 2.98. The summed E-state index contributed by atoms with van der Waals surface area (Å²) >= 11 is 0. The maximum absolute atomic E-state index is 12.6. The number of fused-ring (bicyclic) bond motifs is 1. The lowest BCUT2D eigenvalue weighted by atomic mass is 10.1. The van der Waals surface area contributed by atoms with Crippen LogP contribution < -0.4 is 25.4 Å². The molecule has 7 heteroatoms. The van der Waals surface area contributed by atoms with Gasteiger partial charge in [-0.3, -0.25) is 9.59 Å². The Balaban J connectivity index is 1.62. The van der Waals surface area contributed by atoms with Crippen LogP contribution in [0.25, 0.3) is 0 Å². The number of ether oxygens (including phenoxy) is 2. The molecule has 0 bridgehead atoms. The Morgan fingerprint density at radius 1 is 1.25 bits per heavy atom. The smallest absolute Gasteiger partial charge is 0.239 e. The minimum Gasteiger partial charge on any atom is -0.486 e. The van der Waals surface area contributed by atoms with E-state index in [1.54, 1.807) is 17.0 Å². The van der Waals surface area contributed by atoms with Crippen molar-refractivity contribution in [2.24, 2.45) is 11.7 Å².